The summed E-state index contributed by atoms with van der Waals surface area (Å²) >= 11 is 0. The molecule has 2 fully saturated rings. The van der Waals surface area contributed by atoms with Gasteiger partial charge in [0.25, 0.3) is 0 Å². The van der Waals surface area contributed by atoms with Gasteiger partial charge in [-0.2, -0.15) is 0 Å². The van der Waals surface area contributed by atoms with Gasteiger partial charge in [-0.15, -0.1) is 0 Å². The van der Waals surface area contributed by atoms with Crippen LogP contribution >= 0.6 is 0 Å². The summed E-state index contributed by atoms with van der Waals surface area (Å²) in [4.78, 5) is 2.57. The van der Waals surface area contributed by atoms with Gasteiger partial charge in [0.1, 0.15) is 0 Å². The average Bonchev–Trinajstić information content (AvgIpc) is 2.72. The lowest BCUT2D eigenvalue weighted by Crippen LogP contribution is -2.41. The molecule has 0 aromatic heterocycles. The van der Waals surface area contributed by atoms with Crippen LogP contribution in [0.25, 0.3) is 0 Å². The molecule has 0 spiro atoms. The highest BCUT2D eigenvalue weighted by atomic mass is 16.3. The molecule has 0 aliphatic carbocycles. The topological polar surface area (TPSA) is 35.5 Å². The van der Waals surface area contributed by atoms with Crippen LogP contribution in [0.1, 0.15) is 19.8 Å². The van der Waals surface area contributed by atoms with E-state index in [0.29, 0.717) is 18.6 Å². The van der Waals surface area contributed by atoms with Crippen molar-refractivity contribution in [2.24, 2.45) is 5.92 Å². The average molecular weight is 184 g/mol. The third-order valence-electron chi connectivity index (χ3n) is 3.70. The fourth-order valence-electron chi connectivity index (χ4n) is 2.71. The summed E-state index contributed by atoms with van der Waals surface area (Å²) in [6.45, 7) is 6.10. The van der Waals surface area contributed by atoms with Gasteiger partial charge in [0.2, 0.25) is 0 Å². The van der Waals surface area contributed by atoms with Crippen LogP contribution in [0.2, 0.25) is 0 Å². The molecular formula is C10H20N2O. The molecule has 3 atom stereocenters. The Bertz CT molecular complexity index is 168. The quantitative estimate of drug-likeness (QED) is 0.636. The van der Waals surface area contributed by atoms with Gasteiger partial charge in [0.15, 0.2) is 0 Å². The highest BCUT2D eigenvalue weighted by Gasteiger charge is 2.35. The van der Waals surface area contributed by atoms with Gasteiger partial charge >= 0.3 is 0 Å². The van der Waals surface area contributed by atoms with Crippen LogP contribution in [0.5, 0.6) is 0 Å². The Labute approximate surface area is 80.1 Å². The summed E-state index contributed by atoms with van der Waals surface area (Å²) in [5.41, 5.74) is 0. The monoisotopic (exact) mass is 184 g/mol. The van der Waals surface area contributed by atoms with Crippen LogP contribution in [-0.2, 0) is 0 Å². The largest absolute Gasteiger partial charge is 0.396 e. The van der Waals surface area contributed by atoms with Crippen molar-refractivity contribution in [3.8, 4) is 0 Å². The molecule has 0 bridgehead atoms. The fourth-order valence-corrected chi connectivity index (χ4v) is 2.71. The maximum absolute atomic E-state index is 9.15. The SMILES string of the molecule is CC1C(CO)CCN1C1CCNC1. The molecule has 2 rings (SSSR count). The number of likely N-dealkylation sites (tertiary alicyclic amines) is 1. The number of aliphatic hydroxyl groups excluding tert-OH is 1. The summed E-state index contributed by atoms with van der Waals surface area (Å²) < 4.78 is 0. The molecule has 0 amide bonds. The maximum atomic E-state index is 9.15. The maximum Gasteiger partial charge on any atom is 0.0474 e. The van der Waals surface area contributed by atoms with Gasteiger partial charge < -0.3 is 10.4 Å². The van der Waals surface area contributed by atoms with Gasteiger partial charge in [-0.1, -0.05) is 0 Å². The summed E-state index contributed by atoms with van der Waals surface area (Å²) in [7, 11) is 0. The zero-order chi connectivity index (χ0) is 9.26. The Morgan fingerprint density at radius 3 is 2.85 bits per heavy atom. The number of nitrogens with one attached hydrogen (secondary N) is 1. The third kappa shape index (κ3) is 1.73. The lowest BCUT2D eigenvalue weighted by Gasteiger charge is -2.29. The van der Waals surface area contributed by atoms with Crippen molar-refractivity contribution in [3.63, 3.8) is 0 Å². The number of aliphatic hydroxyl groups is 1. The van der Waals surface area contributed by atoms with E-state index >= 15 is 0 Å². The smallest absolute Gasteiger partial charge is 0.0474 e. The van der Waals surface area contributed by atoms with Crippen molar-refractivity contribution in [3.05, 3.63) is 0 Å². The molecule has 3 heteroatoms. The highest BCUT2D eigenvalue weighted by Crippen LogP contribution is 2.27. The van der Waals surface area contributed by atoms with E-state index in [1.54, 1.807) is 0 Å². The Morgan fingerprint density at radius 1 is 1.46 bits per heavy atom. The van der Waals surface area contributed by atoms with Crippen molar-refractivity contribution >= 4 is 0 Å². The number of nitrogens with zero attached hydrogens (tertiary/aromatic N) is 1. The predicted molar refractivity (Wildman–Crippen MR) is 52.6 cm³/mol. The van der Waals surface area contributed by atoms with Crippen LogP contribution in [0.3, 0.4) is 0 Å². The second kappa shape index (κ2) is 3.95. The van der Waals surface area contributed by atoms with Crippen LogP contribution in [0.15, 0.2) is 0 Å². The lowest BCUT2D eigenvalue weighted by atomic mass is 10.0. The molecule has 2 aliphatic heterocycles. The van der Waals surface area contributed by atoms with Gasteiger partial charge in [0.05, 0.1) is 0 Å². The molecule has 13 heavy (non-hydrogen) atoms. The lowest BCUT2D eigenvalue weighted by molar-refractivity contribution is 0.149. The van der Waals surface area contributed by atoms with Gasteiger partial charge in [-0.05, 0) is 38.8 Å². The first-order valence-corrected chi connectivity index (χ1v) is 5.40. The van der Waals surface area contributed by atoms with E-state index < -0.39 is 0 Å². The first kappa shape index (κ1) is 9.44. The zero-order valence-electron chi connectivity index (χ0n) is 8.37. The van der Waals surface area contributed by atoms with Crippen molar-refractivity contribution < 1.29 is 5.11 Å². The number of hydrogen-bond acceptors (Lipinski definition) is 3. The standard InChI is InChI=1S/C10H20N2O/c1-8-9(7-13)3-5-12(8)10-2-4-11-6-10/h8-11,13H,2-7H2,1H3. The van der Waals surface area contributed by atoms with E-state index in [2.05, 4.69) is 17.1 Å². The molecular weight excluding hydrogens is 164 g/mol. The van der Waals surface area contributed by atoms with Gasteiger partial charge in [0, 0.05) is 25.2 Å². The minimum atomic E-state index is 0.359. The first-order chi connectivity index (χ1) is 6.33. The molecule has 3 unspecified atom stereocenters. The zero-order valence-corrected chi connectivity index (χ0v) is 8.37. The van der Waals surface area contributed by atoms with Gasteiger partial charge in [-0.25, -0.2) is 0 Å². The molecule has 3 nitrogen and oxygen atoms in total. The van der Waals surface area contributed by atoms with Crippen molar-refractivity contribution in [2.45, 2.75) is 31.8 Å². The Kier molecular flexibility index (Phi) is 2.86. The summed E-state index contributed by atoms with van der Waals surface area (Å²) in [5.74, 6) is 0.514. The molecule has 0 saturated carbocycles. The third-order valence-corrected chi connectivity index (χ3v) is 3.70. The molecule has 2 saturated heterocycles. The van der Waals surface area contributed by atoms with E-state index in [9.17, 15) is 0 Å². The van der Waals surface area contributed by atoms with E-state index in [1.807, 2.05) is 0 Å². The summed E-state index contributed by atoms with van der Waals surface area (Å²) in [6, 6.07) is 1.31. The molecule has 2 aliphatic rings. The van der Waals surface area contributed by atoms with E-state index in [0.717, 1.165) is 19.1 Å². The van der Waals surface area contributed by atoms with Crippen LogP contribution in [-0.4, -0.2) is 48.3 Å². The molecule has 0 aromatic carbocycles. The Hall–Kier alpha value is -0.120. The number of rotatable bonds is 2. The second-order valence-electron chi connectivity index (χ2n) is 4.36. The first-order valence-electron chi connectivity index (χ1n) is 5.40. The van der Waals surface area contributed by atoms with Crippen LogP contribution < -0.4 is 5.32 Å². The van der Waals surface area contributed by atoms with Crippen molar-refractivity contribution in [2.75, 3.05) is 26.2 Å². The predicted octanol–water partition coefficient (Wildman–Crippen LogP) is 0.0510. The molecule has 0 aromatic rings. The van der Waals surface area contributed by atoms with Crippen LogP contribution in [0, 0.1) is 5.92 Å². The van der Waals surface area contributed by atoms with Gasteiger partial charge in [-0.3, -0.25) is 4.90 Å². The summed E-state index contributed by atoms with van der Waals surface area (Å²) in [6.07, 6.45) is 2.46. The highest BCUT2D eigenvalue weighted by molar-refractivity contribution is 4.91. The molecule has 0 radical (unpaired) electrons. The second-order valence-corrected chi connectivity index (χ2v) is 4.36. The van der Waals surface area contributed by atoms with Crippen molar-refractivity contribution in [1.29, 1.82) is 0 Å². The summed E-state index contributed by atoms with van der Waals surface area (Å²) in [5, 5.41) is 12.6. The van der Waals surface area contributed by atoms with E-state index in [-0.39, 0.29) is 0 Å². The van der Waals surface area contributed by atoms with E-state index in [4.69, 9.17) is 5.11 Å². The number of hydrogen-bond donors (Lipinski definition) is 2. The molecule has 2 N–H and O–H groups in total. The molecule has 2 heterocycles. The minimum Gasteiger partial charge on any atom is -0.396 e. The Balaban J connectivity index is 1.93. The fraction of sp³-hybridized carbons (Fsp3) is 1.00. The van der Waals surface area contributed by atoms with Crippen LogP contribution in [0.4, 0.5) is 0 Å². The van der Waals surface area contributed by atoms with E-state index in [1.165, 1.54) is 19.4 Å². The normalized spacial score (nSPS) is 41.5. The minimum absolute atomic E-state index is 0.359. The van der Waals surface area contributed by atoms with Crippen molar-refractivity contribution in [1.82, 2.24) is 10.2 Å². The Morgan fingerprint density at radius 2 is 2.31 bits per heavy atom. The molecule has 76 valence electrons.